The highest BCUT2D eigenvalue weighted by Gasteiger charge is 2.18. The third-order valence-corrected chi connectivity index (χ3v) is 3.15. The molecule has 0 aromatic heterocycles. The van der Waals surface area contributed by atoms with Crippen molar-refractivity contribution in [2.24, 2.45) is 0 Å². The van der Waals surface area contributed by atoms with E-state index in [9.17, 15) is 15.0 Å². The van der Waals surface area contributed by atoms with Crippen LogP contribution in [0.5, 0.6) is 23.0 Å². The largest absolute Gasteiger partial charge is 0.507 e. The van der Waals surface area contributed by atoms with E-state index in [0.717, 1.165) is 0 Å². The molecule has 4 N–H and O–H groups in total. The Hall–Kier alpha value is -2.77. The van der Waals surface area contributed by atoms with Crippen LogP contribution in [0.2, 0.25) is 0 Å². The summed E-state index contributed by atoms with van der Waals surface area (Å²) in [5, 5.41) is 37.4. The smallest absolute Gasteiger partial charge is 0.200 e. The normalized spacial score (nSPS) is 10.4. The van der Waals surface area contributed by atoms with E-state index in [1.807, 2.05) is 0 Å². The number of carbonyl (C=O) groups is 1. The molecule has 24 heavy (non-hydrogen) atoms. The number of ketones is 1. The third-order valence-electron chi connectivity index (χ3n) is 3.15. The van der Waals surface area contributed by atoms with E-state index in [-0.39, 0.29) is 49.1 Å². The second-order valence-electron chi connectivity index (χ2n) is 4.83. The molecule has 0 aliphatic rings. The summed E-state index contributed by atoms with van der Waals surface area (Å²) in [5.41, 5.74) is 0.0105. The second kappa shape index (κ2) is 8.19. The van der Waals surface area contributed by atoms with Gasteiger partial charge in [0, 0.05) is 12.1 Å². The van der Waals surface area contributed by atoms with Crippen molar-refractivity contribution in [2.75, 3.05) is 26.4 Å². The van der Waals surface area contributed by atoms with Gasteiger partial charge in [0.25, 0.3) is 0 Å². The molecular formula is C17H18O7. The maximum atomic E-state index is 12.5. The molecule has 2 rings (SSSR count). The summed E-state index contributed by atoms with van der Waals surface area (Å²) in [6.45, 7) is -0.189. The SMILES string of the molecule is O=C(c1ccc(OCCO)cc1O)c1ccc(OCCO)cc1O. The monoisotopic (exact) mass is 334 g/mol. The van der Waals surface area contributed by atoms with Gasteiger partial charge in [-0.05, 0) is 24.3 Å². The summed E-state index contributed by atoms with van der Waals surface area (Å²) in [6, 6.07) is 8.24. The van der Waals surface area contributed by atoms with Crippen molar-refractivity contribution in [3.8, 4) is 23.0 Å². The van der Waals surface area contributed by atoms with Crippen molar-refractivity contribution in [1.82, 2.24) is 0 Å². The minimum Gasteiger partial charge on any atom is -0.507 e. The van der Waals surface area contributed by atoms with Crippen molar-refractivity contribution >= 4 is 5.78 Å². The van der Waals surface area contributed by atoms with Gasteiger partial charge in [0.1, 0.15) is 36.2 Å². The third kappa shape index (κ3) is 4.15. The molecule has 0 aliphatic carbocycles. The molecule has 0 saturated carbocycles. The molecule has 0 heterocycles. The lowest BCUT2D eigenvalue weighted by Gasteiger charge is -2.10. The average Bonchev–Trinajstić information content (AvgIpc) is 2.57. The molecule has 0 spiro atoms. The maximum Gasteiger partial charge on any atom is 0.200 e. The number of aliphatic hydroxyl groups excluding tert-OH is 2. The van der Waals surface area contributed by atoms with Gasteiger partial charge in [-0.2, -0.15) is 0 Å². The average molecular weight is 334 g/mol. The summed E-state index contributed by atoms with van der Waals surface area (Å²) in [4.78, 5) is 12.5. The van der Waals surface area contributed by atoms with Crippen LogP contribution < -0.4 is 9.47 Å². The maximum absolute atomic E-state index is 12.5. The van der Waals surface area contributed by atoms with Gasteiger partial charge in [-0.15, -0.1) is 0 Å². The molecule has 2 aromatic carbocycles. The standard InChI is InChI=1S/C17H18O7/c18-5-7-23-11-1-3-13(15(20)9-11)17(22)14-4-2-12(10-16(14)21)24-8-6-19/h1-4,9-10,18-21H,5-8H2. The number of ether oxygens (including phenoxy) is 2. The molecule has 0 amide bonds. The van der Waals surface area contributed by atoms with Crippen molar-refractivity contribution in [2.45, 2.75) is 0 Å². The lowest BCUT2D eigenvalue weighted by atomic mass is 10.0. The Morgan fingerprint density at radius 1 is 0.792 bits per heavy atom. The number of benzene rings is 2. The summed E-state index contributed by atoms with van der Waals surface area (Å²) < 4.78 is 10.3. The molecule has 7 heteroatoms. The van der Waals surface area contributed by atoms with Gasteiger partial charge >= 0.3 is 0 Å². The molecule has 0 radical (unpaired) electrons. The number of hydrogen-bond acceptors (Lipinski definition) is 7. The number of phenols is 2. The van der Waals surface area contributed by atoms with Gasteiger partial charge in [-0.25, -0.2) is 0 Å². The molecule has 2 aromatic rings. The van der Waals surface area contributed by atoms with Crippen LogP contribution in [0.25, 0.3) is 0 Å². The minimum atomic E-state index is -0.563. The van der Waals surface area contributed by atoms with Gasteiger partial charge in [0.05, 0.1) is 24.3 Å². The fourth-order valence-electron chi connectivity index (χ4n) is 2.06. The predicted octanol–water partition coefficient (Wildman–Crippen LogP) is 1.07. The Bertz CT molecular complexity index is 653. The van der Waals surface area contributed by atoms with Gasteiger partial charge < -0.3 is 29.9 Å². The number of rotatable bonds is 8. The predicted molar refractivity (Wildman–Crippen MR) is 84.8 cm³/mol. The molecule has 0 atom stereocenters. The molecule has 7 nitrogen and oxygen atoms in total. The summed E-state index contributed by atoms with van der Waals surface area (Å²) >= 11 is 0. The van der Waals surface area contributed by atoms with Crippen molar-refractivity contribution in [1.29, 1.82) is 0 Å². The fraction of sp³-hybridized carbons (Fsp3) is 0.235. The first-order valence-corrected chi connectivity index (χ1v) is 7.25. The van der Waals surface area contributed by atoms with Crippen LogP contribution >= 0.6 is 0 Å². The van der Waals surface area contributed by atoms with E-state index in [0.29, 0.717) is 11.5 Å². The lowest BCUT2D eigenvalue weighted by molar-refractivity contribution is 0.103. The van der Waals surface area contributed by atoms with Crippen LogP contribution in [0.1, 0.15) is 15.9 Å². The Morgan fingerprint density at radius 2 is 1.21 bits per heavy atom. The van der Waals surface area contributed by atoms with E-state index in [4.69, 9.17) is 19.7 Å². The van der Waals surface area contributed by atoms with E-state index < -0.39 is 5.78 Å². The highest BCUT2D eigenvalue weighted by molar-refractivity contribution is 6.12. The Balaban J connectivity index is 2.22. The second-order valence-corrected chi connectivity index (χ2v) is 4.83. The Morgan fingerprint density at radius 3 is 1.54 bits per heavy atom. The molecule has 0 aliphatic heterocycles. The zero-order chi connectivity index (χ0) is 17.5. The number of aromatic hydroxyl groups is 2. The molecule has 0 fully saturated rings. The highest BCUT2D eigenvalue weighted by Crippen LogP contribution is 2.30. The summed E-state index contributed by atoms with van der Waals surface area (Å²) in [6.07, 6.45) is 0. The summed E-state index contributed by atoms with van der Waals surface area (Å²) in [7, 11) is 0. The first-order valence-electron chi connectivity index (χ1n) is 7.25. The summed E-state index contributed by atoms with van der Waals surface area (Å²) in [5.74, 6) is -0.525. The van der Waals surface area contributed by atoms with Crippen molar-refractivity contribution in [3.05, 3.63) is 47.5 Å². The number of aliphatic hydroxyl groups is 2. The first-order chi connectivity index (χ1) is 11.6. The highest BCUT2D eigenvalue weighted by atomic mass is 16.5. The van der Waals surface area contributed by atoms with E-state index in [1.165, 1.54) is 36.4 Å². The Kier molecular flexibility index (Phi) is 6.00. The van der Waals surface area contributed by atoms with Crippen molar-refractivity contribution in [3.63, 3.8) is 0 Å². The zero-order valence-corrected chi connectivity index (χ0v) is 12.8. The van der Waals surface area contributed by atoms with Gasteiger partial charge in [0.15, 0.2) is 5.78 Å². The van der Waals surface area contributed by atoms with Crippen LogP contribution in [-0.4, -0.2) is 52.6 Å². The topological polar surface area (TPSA) is 116 Å². The number of hydrogen-bond donors (Lipinski definition) is 4. The van der Waals surface area contributed by atoms with Crippen LogP contribution in [0.4, 0.5) is 0 Å². The van der Waals surface area contributed by atoms with Crippen LogP contribution in [0.3, 0.4) is 0 Å². The van der Waals surface area contributed by atoms with E-state index in [1.54, 1.807) is 0 Å². The quantitative estimate of drug-likeness (QED) is 0.534. The van der Waals surface area contributed by atoms with E-state index in [2.05, 4.69) is 0 Å². The van der Waals surface area contributed by atoms with Gasteiger partial charge in [-0.1, -0.05) is 0 Å². The van der Waals surface area contributed by atoms with Gasteiger partial charge in [-0.3, -0.25) is 4.79 Å². The minimum absolute atomic E-state index is 0.00525. The zero-order valence-electron chi connectivity index (χ0n) is 12.8. The Labute approximate surface area is 138 Å². The molecular weight excluding hydrogens is 316 g/mol. The van der Waals surface area contributed by atoms with Gasteiger partial charge in [0.2, 0.25) is 0 Å². The lowest BCUT2D eigenvalue weighted by Crippen LogP contribution is -2.05. The molecule has 0 unspecified atom stereocenters. The number of phenolic OH excluding ortho intramolecular Hbond substituents is 2. The molecule has 0 bridgehead atoms. The van der Waals surface area contributed by atoms with Crippen molar-refractivity contribution < 1.29 is 34.7 Å². The van der Waals surface area contributed by atoms with Crippen LogP contribution in [-0.2, 0) is 0 Å². The van der Waals surface area contributed by atoms with E-state index >= 15 is 0 Å². The molecule has 128 valence electrons. The fourth-order valence-corrected chi connectivity index (χ4v) is 2.06. The van der Waals surface area contributed by atoms with Crippen LogP contribution in [0.15, 0.2) is 36.4 Å². The number of carbonyl (C=O) groups excluding carboxylic acids is 1. The molecule has 0 saturated heterocycles. The first kappa shape index (κ1) is 17.6. The van der Waals surface area contributed by atoms with Crippen LogP contribution in [0, 0.1) is 0 Å².